The van der Waals surface area contributed by atoms with Crippen molar-refractivity contribution in [3.05, 3.63) is 48.8 Å². The van der Waals surface area contributed by atoms with E-state index in [2.05, 4.69) is 25.6 Å². The number of ether oxygens (including phenoxy) is 2. The second kappa shape index (κ2) is 6.03. The highest BCUT2D eigenvalue weighted by Crippen LogP contribution is 2.31. The fraction of sp³-hybridized carbons (Fsp3) is 0.200. The van der Waals surface area contributed by atoms with E-state index >= 15 is 0 Å². The third-order valence-corrected chi connectivity index (χ3v) is 3.48. The normalized spacial score (nSPS) is 15.9. The molecule has 24 heavy (non-hydrogen) atoms. The summed E-state index contributed by atoms with van der Waals surface area (Å²) in [5.74, 6) is 1.23. The van der Waals surface area contributed by atoms with Crippen molar-refractivity contribution >= 4 is 11.6 Å². The summed E-state index contributed by atoms with van der Waals surface area (Å²) in [5.41, 5.74) is 0.563. The van der Waals surface area contributed by atoms with Gasteiger partial charge in [-0.2, -0.15) is 10.2 Å². The SMILES string of the molecule is O=C(Nc1cnn(C[C@@H]2COc3ccccc3O2)c1)c1ncn[nH]1. The second-order valence-corrected chi connectivity index (χ2v) is 5.24. The lowest BCUT2D eigenvalue weighted by Crippen LogP contribution is -2.33. The van der Waals surface area contributed by atoms with Crippen molar-refractivity contribution in [1.29, 1.82) is 0 Å². The zero-order valence-electron chi connectivity index (χ0n) is 12.5. The molecule has 0 bridgehead atoms. The van der Waals surface area contributed by atoms with Crippen LogP contribution in [0.25, 0.3) is 0 Å². The molecule has 0 aliphatic carbocycles. The van der Waals surface area contributed by atoms with Crippen molar-refractivity contribution in [2.75, 3.05) is 11.9 Å². The molecular formula is C15H14N6O3. The van der Waals surface area contributed by atoms with Crippen molar-refractivity contribution in [2.45, 2.75) is 12.6 Å². The third kappa shape index (κ3) is 2.91. The molecule has 1 aromatic carbocycles. The Bertz CT molecular complexity index is 845. The van der Waals surface area contributed by atoms with Crippen molar-refractivity contribution in [3.8, 4) is 11.5 Å². The van der Waals surface area contributed by atoms with Crippen LogP contribution in [0.15, 0.2) is 43.0 Å². The number of carbonyl (C=O) groups is 1. The number of carbonyl (C=O) groups excluding carboxylic acids is 1. The Morgan fingerprint density at radius 3 is 3.08 bits per heavy atom. The minimum absolute atomic E-state index is 0.142. The predicted molar refractivity (Wildman–Crippen MR) is 82.9 cm³/mol. The van der Waals surface area contributed by atoms with Gasteiger partial charge in [-0.25, -0.2) is 4.98 Å². The van der Waals surface area contributed by atoms with Gasteiger partial charge in [0.2, 0.25) is 5.82 Å². The summed E-state index contributed by atoms with van der Waals surface area (Å²) in [7, 11) is 0. The molecular weight excluding hydrogens is 312 g/mol. The van der Waals surface area contributed by atoms with Crippen LogP contribution in [0, 0.1) is 0 Å². The van der Waals surface area contributed by atoms with Gasteiger partial charge in [0.15, 0.2) is 17.6 Å². The molecule has 0 radical (unpaired) electrons. The second-order valence-electron chi connectivity index (χ2n) is 5.24. The van der Waals surface area contributed by atoms with Crippen LogP contribution in [-0.4, -0.2) is 43.6 Å². The van der Waals surface area contributed by atoms with Gasteiger partial charge >= 0.3 is 0 Å². The lowest BCUT2D eigenvalue weighted by molar-refractivity contribution is 0.0759. The van der Waals surface area contributed by atoms with E-state index in [1.54, 1.807) is 17.1 Å². The van der Waals surface area contributed by atoms with E-state index in [-0.39, 0.29) is 17.8 Å². The number of hydrogen-bond donors (Lipinski definition) is 2. The summed E-state index contributed by atoms with van der Waals surface area (Å²) in [6.45, 7) is 0.948. The number of benzene rings is 1. The highest BCUT2D eigenvalue weighted by atomic mass is 16.6. The van der Waals surface area contributed by atoms with E-state index < -0.39 is 0 Å². The number of amides is 1. The van der Waals surface area contributed by atoms with Crippen molar-refractivity contribution in [2.24, 2.45) is 0 Å². The molecule has 3 aromatic rings. The largest absolute Gasteiger partial charge is 0.486 e. The molecule has 9 heteroatoms. The van der Waals surface area contributed by atoms with Gasteiger partial charge in [0.1, 0.15) is 12.9 Å². The molecule has 122 valence electrons. The average molecular weight is 326 g/mol. The Morgan fingerprint density at radius 2 is 2.25 bits per heavy atom. The number of para-hydroxylation sites is 2. The quantitative estimate of drug-likeness (QED) is 0.743. The number of aromatic amines is 1. The maximum absolute atomic E-state index is 11.9. The van der Waals surface area contributed by atoms with Gasteiger partial charge in [0.05, 0.1) is 18.4 Å². The van der Waals surface area contributed by atoms with Crippen molar-refractivity contribution in [1.82, 2.24) is 25.0 Å². The zero-order valence-corrected chi connectivity index (χ0v) is 12.5. The molecule has 0 fully saturated rings. The number of rotatable bonds is 4. The molecule has 0 spiro atoms. The maximum atomic E-state index is 11.9. The minimum Gasteiger partial charge on any atom is -0.486 e. The van der Waals surface area contributed by atoms with Gasteiger partial charge in [-0.15, -0.1) is 0 Å². The van der Waals surface area contributed by atoms with Crippen LogP contribution in [0.3, 0.4) is 0 Å². The Kier molecular flexibility index (Phi) is 3.58. The van der Waals surface area contributed by atoms with Crippen LogP contribution >= 0.6 is 0 Å². The molecule has 0 saturated carbocycles. The molecule has 2 aromatic heterocycles. The van der Waals surface area contributed by atoms with Crippen LogP contribution < -0.4 is 14.8 Å². The highest BCUT2D eigenvalue weighted by molar-refractivity contribution is 6.01. The first-order valence-electron chi connectivity index (χ1n) is 7.35. The minimum atomic E-state index is -0.377. The number of hydrogen-bond acceptors (Lipinski definition) is 6. The van der Waals surface area contributed by atoms with Gasteiger partial charge in [0, 0.05) is 6.20 Å². The van der Waals surface area contributed by atoms with Crippen LogP contribution in [0.2, 0.25) is 0 Å². The average Bonchev–Trinajstić information content (AvgIpc) is 3.27. The summed E-state index contributed by atoms with van der Waals surface area (Å²) in [6.07, 6.45) is 4.40. The first-order valence-corrected chi connectivity index (χ1v) is 7.35. The molecule has 3 heterocycles. The molecule has 9 nitrogen and oxygen atoms in total. The van der Waals surface area contributed by atoms with Gasteiger partial charge in [-0.05, 0) is 12.1 Å². The molecule has 1 aliphatic heterocycles. The number of fused-ring (bicyclic) bond motifs is 1. The molecule has 0 saturated heterocycles. The van der Waals surface area contributed by atoms with E-state index in [9.17, 15) is 4.79 Å². The number of H-pyrrole nitrogens is 1. The Balaban J connectivity index is 1.38. The number of aromatic nitrogens is 5. The fourth-order valence-corrected chi connectivity index (χ4v) is 2.39. The first kappa shape index (κ1) is 14.2. The summed E-state index contributed by atoms with van der Waals surface area (Å²) < 4.78 is 13.3. The number of anilines is 1. The summed E-state index contributed by atoms with van der Waals surface area (Å²) in [5, 5.41) is 13.1. The van der Waals surface area contributed by atoms with Crippen molar-refractivity contribution in [3.63, 3.8) is 0 Å². The fourth-order valence-electron chi connectivity index (χ4n) is 2.39. The summed E-state index contributed by atoms with van der Waals surface area (Å²) in [6, 6.07) is 7.54. The van der Waals surface area contributed by atoms with Gasteiger partial charge in [0.25, 0.3) is 5.91 Å². The highest BCUT2D eigenvalue weighted by Gasteiger charge is 2.21. The lowest BCUT2D eigenvalue weighted by atomic mass is 10.2. The van der Waals surface area contributed by atoms with Crippen LogP contribution in [0.5, 0.6) is 11.5 Å². The smallest absolute Gasteiger partial charge is 0.293 e. The van der Waals surface area contributed by atoms with E-state index in [4.69, 9.17) is 9.47 Å². The molecule has 1 amide bonds. The molecule has 2 N–H and O–H groups in total. The van der Waals surface area contributed by atoms with Crippen LogP contribution in [-0.2, 0) is 6.54 Å². The summed E-state index contributed by atoms with van der Waals surface area (Å²) in [4.78, 5) is 15.7. The lowest BCUT2D eigenvalue weighted by Gasteiger charge is -2.26. The van der Waals surface area contributed by atoms with Crippen molar-refractivity contribution < 1.29 is 14.3 Å². The maximum Gasteiger partial charge on any atom is 0.293 e. The molecule has 0 unspecified atom stereocenters. The van der Waals surface area contributed by atoms with Gasteiger partial charge in [-0.1, -0.05) is 12.1 Å². The van der Waals surface area contributed by atoms with Crippen LogP contribution in [0.4, 0.5) is 5.69 Å². The van der Waals surface area contributed by atoms with E-state index in [0.717, 1.165) is 11.5 Å². The monoisotopic (exact) mass is 326 g/mol. The number of nitrogens with zero attached hydrogens (tertiary/aromatic N) is 4. The molecule has 4 rings (SSSR count). The van der Waals surface area contributed by atoms with Crippen LogP contribution in [0.1, 0.15) is 10.6 Å². The topological polar surface area (TPSA) is 107 Å². The zero-order chi connectivity index (χ0) is 16.4. The standard InChI is InChI=1S/C15H14N6O3/c22-15(14-16-9-17-20-14)19-10-5-18-21(6-10)7-11-8-23-12-3-1-2-4-13(12)24-11/h1-6,9,11H,7-8H2,(H,19,22)(H,16,17,20)/t11-/m1/s1. The number of nitrogens with one attached hydrogen (secondary N) is 2. The van der Waals surface area contributed by atoms with E-state index in [1.807, 2.05) is 24.3 Å². The van der Waals surface area contributed by atoms with E-state index in [0.29, 0.717) is 18.8 Å². The van der Waals surface area contributed by atoms with Gasteiger partial charge < -0.3 is 14.8 Å². The molecule has 1 aliphatic rings. The van der Waals surface area contributed by atoms with Gasteiger partial charge in [-0.3, -0.25) is 14.6 Å². The Labute approximate surface area is 136 Å². The van der Waals surface area contributed by atoms with E-state index in [1.165, 1.54) is 6.33 Å². The predicted octanol–water partition coefficient (Wildman–Crippen LogP) is 1.09. The summed E-state index contributed by atoms with van der Waals surface area (Å²) >= 11 is 0. The first-order chi connectivity index (χ1) is 11.8. The molecule has 1 atom stereocenters. The Morgan fingerprint density at radius 1 is 1.38 bits per heavy atom. The Hall–Kier alpha value is -3.36. The third-order valence-electron chi connectivity index (χ3n) is 3.48.